The van der Waals surface area contributed by atoms with Gasteiger partial charge in [0.25, 0.3) is 0 Å². The highest BCUT2D eigenvalue weighted by atomic mass is 19.1. The molecule has 0 saturated heterocycles. The fourth-order valence-electron chi connectivity index (χ4n) is 2.32. The van der Waals surface area contributed by atoms with Crippen LogP contribution in [0.2, 0.25) is 0 Å². The lowest BCUT2D eigenvalue weighted by Crippen LogP contribution is -2.46. The van der Waals surface area contributed by atoms with Crippen molar-refractivity contribution >= 4 is 11.8 Å². The third-order valence-electron chi connectivity index (χ3n) is 3.45. The van der Waals surface area contributed by atoms with E-state index in [0.29, 0.717) is 0 Å². The average Bonchev–Trinajstić information content (AvgIpc) is 2.40. The van der Waals surface area contributed by atoms with E-state index in [1.807, 2.05) is 0 Å². The van der Waals surface area contributed by atoms with Crippen LogP contribution < -0.4 is 11.1 Å². The van der Waals surface area contributed by atoms with Crippen LogP contribution in [0.5, 0.6) is 0 Å². The van der Waals surface area contributed by atoms with Crippen molar-refractivity contribution in [3.63, 3.8) is 0 Å². The first kappa shape index (κ1) is 13.8. The fraction of sp³-hybridized carbons (Fsp3) is 0.500. The van der Waals surface area contributed by atoms with Crippen LogP contribution in [0.4, 0.5) is 14.9 Å². The normalized spacial score (nSPS) is 17.8. The van der Waals surface area contributed by atoms with Gasteiger partial charge in [-0.3, -0.25) is 5.32 Å². The number of hydrogen-bond acceptors (Lipinski definition) is 3. The van der Waals surface area contributed by atoms with Gasteiger partial charge in [0, 0.05) is 0 Å². The van der Waals surface area contributed by atoms with Crippen molar-refractivity contribution in [2.24, 2.45) is 5.73 Å². The Hall–Kier alpha value is -1.62. The molecule has 0 heterocycles. The average molecular weight is 266 g/mol. The van der Waals surface area contributed by atoms with Gasteiger partial charge in [-0.1, -0.05) is 31.4 Å². The second-order valence-electron chi connectivity index (χ2n) is 5.10. The molecule has 19 heavy (non-hydrogen) atoms. The van der Waals surface area contributed by atoms with E-state index in [4.69, 9.17) is 10.5 Å². The fourth-order valence-corrected chi connectivity index (χ4v) is 2.32. The van der Waals surface area contributed by atoms with E-state index < -0.39 is 17.4 Å². The van der Waals surface area contributed by atoms with Crippen LogP contribution >= 0.6 is 0 Å². The summed E-state index contributed by atoms with van der Waals surface area (Å²) in [6.07, 6.45) is 4.37. The minimum atomic E-state index is -0.666. The molecule has 2 rings (SSSR count). The first-order valence-corrected chi connectivity index (χ1v) is 6.56. The molecule has 1 amide bonds. The Labute approximate surface area is 112 Å². The highest BCUT2D eigenvalue weighted by Crippen LogP contribution is 2.26. The van der Waals surface area contributed by atoms with Crippen molar-refractivity contribution in [1.82, 2.24) is 0 Å². The van der Waals surface area contributed by atoms with Crippen molar-refractivity contribution in [2.75, 3.05) is 11.9 Å². The molecule has 0 unspecified atom stereocenters. The van der Waals surface area contributed by atoms with Crippen molar-refractivity contribution < 1.29 is 13.9 Å². The van der Waals surface area contributed by atoms with Crippen molar-refractivity contribution in [3.8, 4) is 0 Å². The summed E-state index contributed by atoms with van der Waals surface area (Å²) in [7, 11) is 0. The second kappa shape index (κ2) is 6.02. The van der Waals surface area contributed by atoms with E-state index >= 15 is 0 Å². The zero-order chi connectivity index (χ0) is 13.7. The van der Waals surface area contributed by atoms with Gasteiger partial charge in [-0.2, -0.15) is 0 Å². The van der Waals surface area contributed by atoms with Crippen molar-refractivity contribution in [2.45, 2.75) is 37.6 Å². The standard InChI is InChI=1S/C14H19FN2O2/c15-11-6-2-3-7-12(11)17-13(18)19-10-14(16)8-4-1-5-9-14/h2-3,6-7H,1,4-5,8-10,16H2,(H,17,18). The van der Waals surface area contributed by atoms with Gasteiger partial charge in [0.2, 0.25) is 0 Å². The summed E-state index contributed by atoms with van der Waals surface area (Å²) in [5.41, 5.74) is 5.84. The molecule has 104 valence electrons. The highest BCUT2D eigenvalue weighted by molar-refractivity contribution is 5.84. The Morgan fingerprint density at radius 1 is 1.32 bits per heavy atom. The topological polar surface area (TPSA) is 64.3 Å². The molecule has 4 nitrogen and oxygen atoms in total. The quantitative estimate of drug-likeness (QED) is 0.883. The number of nitrogens with two attached hydrogens (primary N) is 1. The zero-order valence-corrected chi connectivity index (χ0v) is 10.8. The minimum absolute atomic E-state index is 0.113. The van der Waals surface area contributed by atoms with Crippen molar-refractivity contribution in [3.05, 3.63) is 30.1 Å². The van der Waals surface area contributed by atoms with Crippen LogP contribution in [0.15, 0.2) is 24.3 Å². The molecule has 1 aliphatic carbocycles. The maximum absolute atomic E-state index is 13.3. The third-order valence-corrected chi connectivity index (χ3v) is 3.45. The summed E-state index contributed by atoms with van der Waals surface area (Å²) < 4.78 is 18.4. The first-order valence-electron chi connectivity index (χ1n) is 6.56. The van der Waals surface area contributed by atoms with Gasteiger partial charge in [0.1, 0.15) is 12.4 Å². The zero-order valence-electron chi connectivity index (χ0n) is 10.8. The van der Waals surface area contributed by atoms with Gasteiger partial charge in [-0.05, 0) is 25.0 Å². The Kier molecular flexibility index (Phi) is 4.37. The number of halogens is 1. The summed E-state index contributed by atoms with van der Waals surface area (Å²) in [5.74, 6) is -0.487. The Morgan fingerprint density at radius 2 is 2.00 bits per heavy atom. The van der Waals surface area contributed by atoms with Crippen LogP contribution in [-0.2, 0) is 4.74 Å². The van der Waals surface area contributed by atoms with E-state index in [0.717, 1.165) is 25.7 Å². The number of carbonyl (C=O) groups is 1. The molecule has 0 spiro atoms. The van der Waals surface area contributed by atoms with E-state index in [1.165, 1.54) is 18.6 Å². The molecule has 5 heteroatoms. The number of para-hydroxylation sites is 1. The molecule has 0 atom stereocenters. The largest absolute Gasteiger partial charge is 0.447 e. The molecular weight excluding hydrogens is 247 g/mol. The maximum atomic E-state index is 13.3. The highest BCUT2D eigenvalue weighted by Gasteiger charge is 2.29. The molecule has 0 bridgehead atoms. The predicted molar refractivity (Wildman–Crippen MR) is 71.4 cm³/mol. The molecule has 1 aromatic rings. The first-order chi connectivity index (χ1) is 9.09. The Morgan fingerprint density at radius 3 is 2.68 bits per heavy atom. The van der Waals surface area contributed by atoms with Gasteiger partial charge in [-0.15, -0.1) is 0 Å². The Bertz CT molecular complexity index is 445. The van der Waals surface area contributed by atoms with Gasteiger partial charge in [-0.25, -0.2) is 9.18 Å². The summed E-state index contributed by atoms with van der Waals surface area (Å²) in [5, 5.41) is 2.38. The van der Waals surface area contributed by atoms with Gasteiger partial charge >= 0.3 is 6.09 Å². The van der Waals surface area contributed by atoms with Crippen LogP contribution in [0.3, 0.4) is 0 Å². The molecule has 0 aromatic heterocycles. The molecule has 1 aliphatic rings. The number of rotatable bonds is 3. The smallest absolute Gasteiger partial charge is 0.411 e. The summed E-state index contributed by atoms with van der Waals surface area (Å²) >= 11 is 0. The number of anilines is 1. The monoisotopic (exact) mass is 266 g/mol. The van der Waals surface area contributed by atoms with Crippen LogP contribution in [-0.4, -0.2) is 18.2 Å². The molecule has 0 radical (unpaired) electrons. The van der Waals surface area contributed by atoms with Gasteiger partial charge < -0.3 is 10.5 Å². The summed E-state index contributed by atoms with van der Waals surface area (Å²) in [6.45, 7) is 0.174. The van der Waals surface area contributed by atoms with Crippen LogP contribution in [0.25, 0.3) is 0 Å². The molecule has 1 saturated carbocycles. The summed E-state index contributed by atoms with van der Waals surface area (Å²) in [6, 6.07) is 5.96. The van der Waals surface area contributed by atoms with Crippen LogP contribution in [0, 0.1) is 5.82 Å². The summed E-state index contributed by atoms with van der Waals surface area (Å²) in [4.78, 5) is 11.6. The molecule has 1 aromatic carbocycles. The van der Waals surface area contributed by atoms with E-state index in [1.54, 1.807) is 12.1 Å². The van der Waals surface area contributed by atoms with E-state index in [-0.39, 0.29) is 12.3 Å². The second-order valence-corrected chi connectivity index (χ2v) is 5.10. The number of carbonyl (C=O) groups excluding carboxylic acids is 1. The lowest BCUT2D eigenvalue weighted by Gasteiger charge is -2.32. The number of nitrogens with one attached hydrogen (secondary N) is 1. The minimum Gasteiger partial charge on any atom is -0.447 e. The molecule has 1 fully saturated rings. The van der Waals surface area contributed by atoms with Crippen molar-refractivity contribution in [1.29, 1.82) is 0 Å². The lowest BCUT2D eigenvalue weighted by molar-refractivity contribution is 0.112. The molecular formula is C14H19FN2O2. The third kappa shape index (κ3) is 3.92. The maximum Gasteiger partial charge on any atom is 0.411 e. The van der Waals surface area contributed by atoms with E-state index in [2.05, 4.69) is 5.32 Å². The van der Waals surface area contributed by atoms with Gasteiger partial charge in [0.05, 0.1) is 11.2 Å². The number of amides is 1. The number of benzene rings is 1. The van der Waals surface area contributed by atoms with E-state index in [9.17, 15) is 9.18 Å². The Balaban J connectivity index is 1.83. The van der Waals surface area contributed by atoms with Gasteiger partial charge in [0.15, 0.2) is 0 Å². The molecule has 3 N–H and O–H groups in total. The predicted octanol–water partition coefficient (Wildman–Crippen LogP) is 3.04. The lowest BCUT2D eigenvalue weighted by atomic mass is 9.83. The SMILES string of the molecule is NC1(COC(=O)Nc2ccccc2F)CCCCC1. The molecule has 0 aliphatic heterocycles. The number of ether oxygens (including phenoxy) is 1. The van der Waals surface area contributed by atoms with Crippen LogP contribution in [0.1, 0.15) is 32.1 Å². The number of hydrogen-bond donors (Lipinski definition) is 2.